The first-order valence-electron chi connectivity index (χ1n) is 12.7. The number of nitrogens with one attached hydrogen (secondary N) is 1. The molecule has 0 spiro atoms. The molecule has 1 aliphatic carbocycles. The van der Waals surface area contributed by atoms with Crippen LogP contribution in [0.1, 0.15) is 76.3 Å². The predicted octanol–water partition coefficient (Wildman–Crippen LogP) is 6.20. The molecule has 1 N–H and O–H groups in total. The van der Waals surface area contributed by atoms with Gasteiger partial charge in [0.2, 0.25) is 5.91 Å². The third-order valence-corrected chi connectivity index (χ3v) is 7.46. The van der Waals surface area contributed by atoms with Crippen molar-refractivity contribution >= 4 is 5.91 Å². The molecular formula is C29H42N2O. The van der Waals surface area contributed by atoms with Crippen molar-refractivity contribution in [3.63, 3.8) is 0 Å². The van der Waals surface area contributed by atoms with E-state index in [0.29, 0.717) is 12.0 Å². The Kier molecular flexibility index (Phi) is 9.35. The Labute approximate surface area is 195 Å². The Morgan fingerprint density at radius 3 is 2.09 bits per heavy atom. The molecule has 2 atom stereocenters. The van der Waals surface area contributed by atoms with Crippen molar-refractivity contribution in [2.45, 2.75) is 77.7 Å². The van der Waals surface area contributed by atoms with Crippen LogP contribution < -0.4 is 5.32 Å². The molecule has 1 amide bonds. The van der Waals surface area contributed by atoms with Gasteiger partial charge in [-0.3, -0.25) is 9.69 Å². The van der Waals surface area contributed by atoms with Gasteiger partial charge in [-0.15, -0.1) is 0 Å². The number of amides is 1. The van der Waals surface area contributed by atoms with Crippen molar-refractivity contribution in [3.05, 3.63) is 71.8 Å². The molecule has 2 unspecified atom stereocenters. The number of likely N-dealkylation sites (tertiary alicyclic amines) is 1. The summed E-state index contributed by atoms with van der Waals surface area (Å²) < 4.78 is 0. The van der Waals surface area contributed by atoms with Gasteiger partial charge in [-0.05, 0) is 69.2 Å². The van der Waals surface area contributed by atoms with Crippen LogP contribution in [-0.2, 0) is 11.2 Å². The molecule has 4 rings (SSSR count). The molecule has 3 nitrogen and oxygen atoms in total. The summed E-state index contributed by atoms with van der Waals surface area (Å²) in [5, 5.41) is 3.03. The third kappa shape index (κ3) is 6.45. The second-order valence-corrected chi connectivity index (χ2v) is 9.66. The van der Waals surface area contributed by atoms with Gasteiger partial charge in [0.25, 0.3) is 0 Å². The van der Waals surface area contributed by atoms with Gasteiger partial charge in [0.15, 0.2) is 0 Å². The molecule has 32 heavy (non-hydrogen) atoms. The fraction of sp³-hybridized carbons (Fsp3) is 0.552. The van der Waals surface area contributed by atoms with Crippen LogP contribution in [0.3, 0.4) is 0 Å². The van der Waals surface area contributed by atoms with E-state index in [1.807, 2.05) is 13.0 Å². The zero-order chi connectivity index (χ0) is 22.8. The monoisotopic (exact) mass is 434 g/mol. The molecule has 1 saturated heterocycles. The van der Waals surface area contributed by atoms with E-state index in [0.717, 1.165) is 38.9 Å². The van der Waals surface area contributed by atoms with Crippen molar-refractivity contribution in [2.24, 2.45) is 5.41 Å². The molecule has 0 bridgehead atoms. The number of carbonyl (C=O) groups is 1. The van der Waals surface area contributed by atoms with Crippen molar-refractivity contribution in [1.29, 1.82) is 0 Å². The lowest BCUT2D eigenvalue weighted by Crippen LogP contribution is -2.51. The van der Waals surface area contributed by atoms with Crippen LogP contribution in [0.15, 0.2) is 60.7 Å². The number of piperidine rings is 1. The minimum absolute atomic E-state index is 0.177. The van der Waals surface area contributed by atoms with E-state index in [1.54, 1.807) is 0 Å². The van der Waals surface area contributed by atoms with Crippen LogP contribution in [-0.4, -0.2) is 36.5 Å². The Hall–Kier alpha value is -2.13. The summed E-state index contributed by atoms with van der Waals surface area (Å²) in [6, 6.07) is 22.2. The van der Waals surface area contributed by atoms with Crippen LogP contribution in [0.2, 0.25) is 0 Å². The minimum Gasteiger partial charge on any atom is -0.356 e. The average Bonchev–Trinajstić information content (AvgIpc) is 2.86. The molecule has 3 heteroatoms. The molecular weight excluding hydrogens is 392 g/mol. The summed E-state index contributed by atoms with van der Waals surface area (Å²) in [5.41, 5.74) is 2.73. The summed E-state index contributed by atoms with van der Waals surface area (Å²) in [6.07, 6.45) is 8.41. The zero-order valence-electron chi connectivity index (χ0n) is 20.4. The van der Waals surface area contributed by atoms with Gasteiger partial charge in [-0.2, -0.15) is 0 Å². The van der Waals surface area contributed by atoms with Gasteiger partial charge in [0.1, 0.15) is 0 Å². The molecule has 174 valence electrons. The van der Waals surface area contributed by atoms with Crippen LogP contribution >= 0.6 is 0 Å². The first-order valence-corrected chi connectivity index (χ1v) is 12.7. The zero-order valence-corrected chi connectivity index (χ0v) is 20.4. The number of benzene rings is 2. The second kappa shape index (κ2) is 12.2. The van der Waals surface area contributed by atoms with Crippen LogP contribution in [0, 0.1) is 5.41 Å². The second-order valence-electron chi connectivity index (χ2n) is 9.66. The molecule has 2 aliphatic rings. The fourth-order valence-electron chi connectivity index (χ4n) is 5.30. The van der Waals surface area contributed by atoms with Crippen molar-refractivity contribution in [3.8, 4) is 0 Å². The molecule has 0 aromatic heterocycles. The van der Waals surface area contributed by atoms with Crippen molar-refractivity contribution < 1.29 is 4.79 Å². The van der Waals surface area contributed by atoms with Crippen LogP contribution in [0.5, 0.6) is 0 Å². The highest BCUT2D eigenvalue weighted by Gasteiger charge is 2.40. The van der Waals surface area contributed by atoms with E-state index in [4.69, 9.17) is 0 Å². The first-order chi connectivity index (χ1) is 15.6. The lowest BCUT2D eigenvalue weighted by atomic mass is 9.75. The van der Waals surface area contributed by atoms with Crippen molar-refractivity contribution in [1.82, 2.24) is 10.2 Å². The topological polar surface area (TPSA) is 32.3 Å². The van der Waals surface area contributed by atoms with E-state index in [1.165, 1.54) is 36.8 Å². The van der Waals surface area contributed by atoms with Gasteiger partial charge in [-0.1, -0.05) is 87.4 Å². The van der Waals surface area contributed by atoms with Crippen LogP contribution in [0.25, 0.3) is 0 Å². The van der Waals surface area contributed by atoms with Crippen molar-refractivity contribution in [2.75, 3.05) is 19.6 Å². The molecule has 2 fully saturated rings. The Morgan fingerprint density at radius 2 is 1.53 bits per heavy atom. The minimum atomic E-state index is -0.177. The highest BCUT2D eigenvalue weighted by Crippen LogP contribution is 2.40. The molecule has 1 heterocycles. The third-order valence-electron chi connectivity index (χ3n) is 7.46. The van der Waals surface area contributed by atoms with Gasteiger partial charge < -0.3 is 5.32 Å². The Balaban J connectivity index is 0.000000305. The Morgan fingerprint density at radius 1 is 0.938 bits per heavy atom. The van der Waals surface area contributed by atoms with E-state index >= 15 is 0 Å². The van der Waals surface area contributed by atoms with Gasteiger partial charge in [0.05, 0.1) is 0 Å². The smallest absolute Gasteiger partial charge is 0.226 e. The summed E-state index contributed by atoms with van der Waals surface area (Å²) in [7, 11) is 0. The highest BCUT2D eigenvalue weighted by molar-refractivity contribution is 5.82. The number of nitrogens with zero attached hydrogens (tertiary/aromatic N) is 1. The maximum Gasteiger partial charge on any atom is 0.226 e. The number of aryl methyl sites for hydroxylation is 1. The van der Waals surface area contributed by atoms with Gasteiger partial charge in [-0.25, -0.2) is 0 Å². The molecule has 2 aromatic carbocycles. The summed E-state index contributed by atoms with van der Waals surface area (Å²) in [6.45, 7) is 9.16. The lowest BCUT2D eigenvalue weighted by Gasteiger charge is -2.46. The van der Waals surface area contributed by atoms with E-state index in [9.17, 15) is 4.79 Å². The average molecular weight is 435 g/mol. The number of hydrogen-bond donors (Lipinski definition) is 1. The molecule has 1 aliphatic heterocycles. The highest BCUT2D eigenvalue weighted by atomic mass is 16.2. The largest absolute Gasteiger partial charge is 0.356 e. The first kappa shape index (κ1) is 24.5. The van der Waals surface area contributed by atoms with Crippen LogP contribution in [0.4, 0.5) is 0 Å². The maximum atomic E-state index is 12.4. The van der Waals surface area contributed by atoms with E-state index in [-0.39, 0.29) is 11.3 Å². The number of carbonyl (C=O) groups excluding carboxylic acids is 1. The fourth-order valence-corrected chi connectivity index (χ4v) is 5.30. The predicted molar refractivity (Wildman–Crippen MR) is 135 cm³/mol. The summed E-state index contributed by atoms with van der Waals surface area (Å²) in [4.78, 5) is 15.0. The quantitative estimate of drug-likeness (QED) is 0.607. The SMILES string of the molecule is CCNC(=O)C1(C)CCN(C2CCCCC2c2ccccc2)CC1.CCc1ccccc1. The number of rotatable bonds is 5. The molecule has 0 radical (unpaired) electrons. The summed E-state index contributed by atoms with van der Waals surface area (Å²) >= 11 is 0. The lowest BCUT2D eigenvalue weighted by molar-refractivity contribution is -0.133. The Bertz CT molecular complexity index is 796. The van der Waals surface area contributed by atoms with E-state index in [2.05, 4.69) is 78.7 Å². The normalized spacial score (nSPS) is 23.0. The summed E-state index contributed by atoms with van der Waals surface area (Å²) in [5.74, 6) is 0.904. The van der Waals surface area contributed by atoms with Gasteiger partial charge >= 0.3 is 0 Å². The molecule has 2 aromatic rings. The number of hydrogen-bond acceptors (Lipinski definition) is 2. The molecule has 1 saturated carbocycles. The van der Waals surface area contributed by atoms with E-state index < -0.39 is 0 Å². The maximum absolute atomic E-state index is 12.4. The standard InChI is InChI=1S/C21H32N2O.C8H10/c1-3-22-20(24)21(2)13-15-23(16-14-21)19-12-8-7-11-18(19)17-9-5-4-6-10-17;1-2-8-6-4-3-5-7-8/h4-6,9-10,18-19H,3,7-8,11-16H2,1-2H3,(H,22,24);3-7H,2H2,1H3. The van der Waals surface area contributed by atoms with Gasteiger partial charge in [0, 0.05) is 18.0 Å².